The Morgan fingerprint density at radius 2 is 1.45 bits per heavy atom. The van der Waals surface area contributed by atoms with Gasteiger partial charge in [0.25, 0.3) is 0 Å². The average Bonchev–Trinajstić information content (AvgIpc) is 3.01. The molecule has 44 heavy (non-hydrogen) atoms. The number of aromatic carboxylic acids is 1. The fourth-order valence-electron chi connectivity index (χ4n) is 5.28. The molecule has 0 aliphatic heterocycles. The maximum absolute atomic E-state index is 11.3. The van der Waals surface area contributed by atoms with E-state index < -0.39 is 5.97 Å². The predicted molar refractivity (Wildman–Crippen MR) is 179 cm³/mol. The Hall–Kier alpha value is -4.35. The molecular weight excluding hydrogens is 546 g/mol. The third kappa shape index (κ3) is 9.85. The fourth-order valence-corrected chi connectivity index (χ4v) is 5.28. The van der Waals surface area contributed by atoms with Crippen molar-refractivity contribution in [2.24, 2.45) is 0 Å². The van der Waals surface area contributed by atoms with Gasteiger partial charge in [0.2, 0.25) is 0 Å². The number of hydrogen-bond acceptors (Lipinski definition) is 4. The number of carboxylic acids is 1. The molecule has 0 unspecified atom stereocenters. The van der Waals surface area contributed by atoms with Crippen LogP contribution >= 0.6 is 0 Å². The first-order valence-corrected chi connectivity index (χ1v) is 15.5. The SMILES string of the molecule is C=C(O)CCCCN(CCc1cc(C)ccc1OCc1ccc(-c2ccc(C(C)C)cc2)cc1)Cc1ccc(C(=O)O)cc1. The van der Waals surface area contributed by atoms with Crippen LogP contribution in [-0.4, -0.2) is 34.2 Å². The van der Waals surface area contributed by atoms with Crippen molar-refractivity contribution in [3.8, 4) is 16.9 Å². The summed E-state index contributed by atoms with van der Waals surface area (Å²) in [5.41, 5.74) is 8.60. The first-order chi connectivity index (χ1) is 21.2. The molecule has 0 saturated heterocycles. The largest absolute Gasteiger partial charge is 0.513 e. The first kappa shape index (κ1) is 32.6. The number of rotatable bonds is 16. The molecule has 0 saturated carbocycles. The van der Waals surface area contributed by atoms with Crippen molar-refractivity contribution in [2.45, 2.75) is 65.5 Å². The monoisotopic (exact) mass is 591 g/mol. The number of allylic oxidation sites excluding steroid dienone is 1. The standard InChI is InChI=1S/C39H45NO4/c1-28(2)33-17-19-35(20-18-33)34-13-11-32(12-14-34)27-44-38-21-8-29(3)25-37(38)22-24-40(23-6-5-7-30(4)41)26-31-9-15-36(16-10-31)39(42)43/h8-21,25,28,41H,4-7,22-24,26-27H2,1-3H3,(H,42,43). The van der Waals surface area contributed by atoms with E-state index in [1.54, 1.807) is 12.1 Å². The van der Waals surface area contributed by atoms with Crippen molar-refractivity contribution in [3.05, 3.63) is 137 Å². The van der Waals surface area contributed by atoms with Gasteiger partial charge in [-0.15, -0.1) is 0 Å². The van der Waals surface area contributed by atoms with Crippen LogP contribution in [-0.2, 0) is 19.6 Å². The Labute approximate surface area is 262 Å². The van der Waals surface area contributed by atoms with E-state index in [1.807, 2.05) is 12.1 Å². The number of aryl methyl sites for hydroxylation is 1. The summed E-state index contributed by atoms with van der Waals surface area (Å²) in [4.78, 5) is 13.7. The highest BCUT2D eigenvalue weighted by atomic mass is 16.5. The molecule has 4 aromatic rings. The molecule has 0 fully saturated rings. The van der Waals surface area contributed by atoms with E-state index in [2.05, 4.69) is 99.0 Å². The van der Waals surface area contributed by atoms with Crippen molar-refractivity contribution >= 4 is 5.97 Å². The molecule has 4 aromatic carbocycles. The third-order valence-corrected chi connectivity index (χ3v) is 7.97. The summed E-state index contributed by atoms with van der Waals surface area (Å²) in [6.45, 7) is 13.0. The van der Waals surface area contributed by atoms with Gasteiger partial charge < -0.3 is 14.9 Å². The van der Waals surface area contributed by atoms with Gasteiger partial charge >= 0.3 is 5.97 Å². The van der Waals surface area contributed by atoms with E-state index in [9.17, 15) is 15.0 Å². The molecular formula is C39H45NO4. The summed E-state index contributed by atoms with van der Waals surface area (Å²) in [5.74, 6) is 0.717. The zero-order valence-corrected chi connectivity index (χ0v) is 26.3. The van der Waals surface area contributed by atoms with Crippen molar-refractivity contribution in [3.63, 3.8) is 0 Å². The summed E-state index contributed by atoms with van der Waals surface area (Å²) in [6, 6.07) is 30.8. The van der Waals surface area contributed by atoms with E-state index in [4.69, 9.17) is 4.74 Å². The molecule has 0 heterocycles. The molecule has 0 bridgehead atoms. The normalized spacial score (nSPS) is 11.2. The number of unbranched alkanes of at least 4 members (excludes halogenated alkanes) is 1. The van der Waals surface area contributed by atoms with E-state index >= 15 is 0 Å². The number of nitrogens with zero attached hydrogens (tertiary/aromatic N) is 1. The van der Waals surface area contributed by atoms with Gasteiger partial charge in [-0.05, 0) is 90.2 Å². The summed E-state index contributed by atoms with van der Waals surface area (Å²) in [6.07, 6.45) is 3.22. The molecule has 0 spiro atoms. The Morgan fingerprint density at radius 3 is 2.07 bits per heavy atom. The number of carboxylic acid groups (broad SMARTS) is 1. The minimum atomic E-state index is -0.919. The number of ether oxygens (including phenoxy) is 1. The lowest BCUT2D eigenvalue weighted by Gasteiger charge is -2.23. The lowest BCUT2D eigenvalue weighted by Crippen LogP contribution is -2.27. The van der Waals surface area contributed by atoms with Gasteiger partial charge in [0.05, 0.1) is 11.3 Å². The molecule has 0 aliphatic carbocycles. The lowest BCUT2D eigenvalue weighted by atomic mass is 9.98. The van der Waals surface area contributed by atoms with Crippen LogP contribution in [0.4, 0.5) is 0 Å². The number of hydrogen-bond donors (Lipinski definition) is 2. The quantitative estimate of drug-likeness (QED) is 0.100. The second kappa shape index (κ2) is 15.9. The molecule has 230 valence electrons. The molecule has 5 heteroatoms. The van der Waals surface area contributed by atoms with E-state index in [0.29, 0.717) is 31.1 Å². The smallest absolute Gasteiger partial charge is 0.335 e. The van der Waals surface area contributed by atoms with E-state index in [0.717, 1.165) is 49.2 Å². The molecule has 0 amide bonds. The van der Waals surface area contributed by atoms with Crippen molar-refractivity contribution in [2.75, 3.05) is 13.1 Å². The van der Waals surface area contributed by atoms with Crippen LogP contribution in [0.15, 0.2) is 103 Å². The maximum Gasteiger partial charge on any atom is 0.335 e. The zero-order valence-electron chi connectivity index (χ0n) is 26.3. The summed E-state index contributed by atoms with van der Waals surface area (Å²) in [5, 5.41) is 18.7. The van der Waals surface area contributed by atoms with Crippen LogP contribution < -0.4 is 4.74 Å². The van der Waals surface area contributed by atoms with Gasteiger partial charge in [-0.1, -0.05) is 98.8 Å². The lowest BCUT2D eigenvalue weighted by molar-refractivity contribution is 0.0697. The predicted octanol–water partition coefficient (Wildman–Crippen LogP) is 9.35. The van der Waals surface area contributed by atoms with Gasteiger partial charge in [0.1, 0.15) is 12.4 Å². The number of benzene rings is 4. The summed E-state index contributed by atoms with van der Waals surface area (Å²) >= 11 is 0. The van der Waals surface area contributed by atoms with Crippen LogP contribution in [0.3, 0.4) is 0 Å². The molecule has 0 aromatic heterocycles. The van der Waals surface area contributed by atoms with E-state index in [1.165, 1.54) is 27.8 Å². The Morgan fingerprint density at radius 1 is 0.818 bits per heavy atom. The highest BCUT2D eigenvalue weighted by Crippen LogP contribution is 2.25. The molecule has 2 N–H and O–H groups in total. The van der Waals surface area contributed by atoms with Crippen LogP contribution in [0.5, 0.6) is 5.75 Å². The fraction of sp³-hybridized carbons (Fsp3) is 0.308. The molecule has 0 aliphatic rings. The number of aliphatic hydroxyl groups excluding tert-OH is 1. The van der Waals surface area contributed by atoms with Crippen molar-refractivity contribution < 1.29 is 19.7 Å². The van der Waals surface area contributed by atoms with Gasteiger partial charge in [0.15, 0.2) is 0 Å². The molecule has 5 nitrogen and oxygen atoms in total. The van der Waals surface area contributed by atoms with Crippen molar-refractivity contribution in [1.29, 1.82) is 0 Å². The van der Waals surface area contributed by atoms with Crippen LogP contribution in [0.2, 0.25) is 0 Å². The van der Waals surface area contributed by atoms with Crippen LogP contribution in [0.25, 0.3) is 11.1 Å². The van der Waals surface area contributed by atoms with Crippen LogP contribution in [0.1, 0.15) is 77.2 Å². The zero-order chi connectivity index (χ0) is 31.5. The van der Waals surface area contributed by atoms with Gasteiger partial charge in [-0.3, -0.25) is 4.90 Å². The summed E-state index contributed by atoms with van der Waals surface area (Å²) in [7, 11) is 0. The van der Waals surface area contributed by atoms with Crippen molar-refractivity contribution in [1.82, 2.24) is 4.90 Å². The van der Waals surface area contributed by atoms with Gasteiger partial charge in [-0.25, -0.2) is 4.79 Å². The van der Waals surface area contributed by atoms with Crippen LogP contribution in [0, 0.1) is 6.92 Å². The second-order valence-corrected chi connectivity index (χ2v) is 11.9. The third-order valence-electron chi connectivity index (χ3n) is 7.97. The Bertz CT molecular complexity index is 1510. The van der Waals surface area contributed by atoms with Gasteiger partial charge in [0, 0.05) is 19.5 Å². The molecule has 0 atom stereocenters. The molecule has 0 radical (unpaired) electrons. The highest BCUT2D eigenvalue weighted by Gasteiger charge is 2.12. The average molecular weight is 592 g/mol. The first-order valence-electron chi connectivity index (χ1n) is 15.5. The minimum Gasteiger partial charge on any atom is -0.513 e. The summed E-state index contributed by atoms with van der Waals surface area (Å²) < 4.78 is 6.37. The molecule has 4 rings (SSSR count). The number of carbonyl (C=O) groups is 1. The Kier molecular flexibility index (Phi) is 11.8. The minimum absolute atomic E-state index is 0.220. The second-order valence-electron chi connectivity index (χ2n) is 11.9. The topological polar surface area (TPSA) is 70.0 Å². The maximum atomic E-state index is 11.3. The highest BCUT2D eigenvalue weighted by molar-refractivity contribution is 5.87. The van der Waals surface area contributed by atoms with E-state index in [-0.39, 0.29) is 5.76 Å². The Balaban J connectivity index is 1.40. The van der Waals surface area contributed by atoms with Gasteiger partial charge in [-0.2, -0.15) is 0 Å². The number of aliphatic hydroxyl groups is 1.